The maximum Gasteiger partial charge on any atom is 0.410 e. The number of ether oxygens (including phenoxy) is 2. The molecule has 24 heavy (non-hydrogen) atoms. The lowest BCUT2D eigenvalue weighted by Gasteiger charge is -2.40. The molecule has 1 fully saturated rings. The van der Waals surface area contributed by atoms with E-state index >= 15 is 0 Å². The molecule has 2 aliphatic rings. The third kappa shape index (κ3) is 3.20. The zero-order chi connectivity index (χ0) is 17.5. The summed E-state index contributed by atoms with van der Waals surface area (Å²) in [5, 5.41) is 4.58. The molecule has 0 aliphatic carbocycles. The average molecular weight is 333 g/mol. The molecule has 1 aromatic heterocycles. The number of carbonyl (C=O) groups excluding carboxylic acids is 1. The smallest absolute Gasteiger partial charge is 0.410 e. The van der Waals surface area contributed by atoms with E-state index in [4.69, 9.17) is 9.47 Å². The molecule has 0 saturated carbocycles. The molecular formula is C18H27N3O3. The average Bonchev–Trinajstić information content (AvgIpc) is 2.85. The number of carbonyl (C=O) groups is 1. The summed E-state index contributed by atoms with van der Waals surface area (Å²) >= 11 is 0. The van der Waals surface area contributed by atoms with Crippen molar-refractivity contribution < 1.29 is 14.3 Å². The molecule has 6 nitrogen and oxygen atoms in total. The molecule has 3 heterocycles. The number of amides is 1. The Kier molecular flexibility index (Phi) is 4.20. The minimum absolute atomic E-state index is 0.0628. The number of aromatic nitrogens is 2. The molecule has 0 unspecified atom stereocenters. The molecule has 132 valence electrons. The Labute approximate surface area is 143 Å². The van der Waals surface area contributed by atoms with Crippen LogP contribution in [0.25, 0.3) is 5.57 Å². The maximum absolute atomic E-state index is 12.2. The molecule has 3 rings (SSSR count). The van der Waals surface area contributed by atoms with E-state index in [1.54, 1.807) is 4.90 Å². The normalized spacial score (nSPS) is 20.4. The second-order valence-corrected chi connectivity index (χ2v) is 7.98. The van der Waals surface area contributed by atoms with Gasteiger partial charge in [0.25, 0.3) is 0 Å². The molecule has 1 aromatic rings. The predicted molar refractivity (Wildman–Crippen MR) is 91.8 cm³/mol. The summed E-state index contributed by atoms with van der Waals surface area (Å²) in [5.41, 5.74) is 3.06. The van der Waals surface area contributed by atoms with Gasteiger partial charge >= 0.3 is 6.09 Å². The van der Waals surface area contributed by atoms with Crippen molar-refractivity contribution in [3.63, 3.8) is 0 Å². The van der Waals surface area contributed by atoms with Crippen molar-refractivity contribution in [2.45, 2.75) is 52.2 Å². The summed E-state index contributed by atoms with van der Waals surface area (Å²) in [7, 11) is 0. The first kappa shape index (κ1) is 17.0. The molecule has 6 heteroatoms. The van der Waals surface area contributed by atoms with Gasteiger partial charge in [-0.25, -0.2) is 4.79 Å². The van der Waals surface area contributed by atoms with Crippen LogP contribution in [0.3, 0.4) is 0 Å². The molecule has 0 aromatic carbocycles. The van der Waals surface area contributed by atoms with Gasteiger partial charge in [-0.05, 0) is 52.2 Å². The molecule has 0 spiro atoms. The van der Waals surface area contributed by atoms with Crippen molar-refractivity contribution in [1.29, 1.82) is 0 Å². The molecule has 2 aliphatic heterocycles. The van der Waals surface area contributed by atoms with Crippen molar-refractivity contribution in [2.75, 3.05) is 26.3 Å². The standard InChI is InChI=1S/C18H27N3O3/c1-13-10-19-21(18(5)11-23-12-18)15(13)14-6-8-20(9-7-14)16(22)24-17(2,3)4/h6,10H,7-9,11-12H2,1-5H3. The van der Waals surface area contributed by atoms with Crippen LogP contribution in [0.5, 0.6) is 0 Å². The maximum atomic E-state index is 12.2. The van der Waals surface area contributed by atoms with Crippen LogP contribution < -0.4 is 0 Å². The summed E-state index contributed by atoms with van der Waals surface area (Å²) < 4.78 is 12.9. The fourth-order valence-electron chi connectivity index (χ4n) is 3.13. The van der Waals surface area contributed by atoms with E-state index in [0.29, 0.717) is 26.3 Å². The third-order valence-corrected chi connectivity index (χ3v) is 4.45. The Bertz CT molecular complexity index is 666. The molecule has 0 N–H and O–H groups in total. The van der Waals surface area contributed by atoms with Crippen LogP contribution >= 0.6 is 0 Å². The second kappa shape index (κ2) is 5.92. The minimum Gasteiger partial charge on any atom is -0.444 e. The van der Waals surface area contributed by atoms with Crippen LogP contribution in [0.1, 0.15) is 45.4 Å². The van der Waals surface area contributed by atoms with E-state index < -0.39 is 5.60 Å². The monoisotopic (exact) mass is 333 g/mol. The Morgan fingerprint density at radius 2 is 2.08 bits per heavy atom. The highest BCUT2D eigenvalue weighted by atomic mass is 16.6. The summed E-state index contributed by atoms with van der Waals surface area (Å²) in [5.74, 6) is 0. The fraction of sp³-hybridized carbons (Fsp3) is 0.667. The topological polar surface area (TPSA) is 56.6 Å². The lowest BCUT2D eigenvalue weighted by Crippen LogP contribution is -2.50. The van der Waals surface area contributed by atoms with Gasteiger partial charge in [-0.2, -0.15) is 5.10 Å². The van der Waals surface area contributed by atoms with Gasteiger partial charge in [0.2, 0.25) is 0 Å². The highest BCUT2D eigenvalue weighted by Gasteiger charge is 2.39. The van der Waals surface area contributed by atoms with Gasteiger partial charge < -0.3 is 14.4 Å². The van der Waals surface area contributed by atoms with Gasteiger partial charge in [0.05, 0.1) is 25.1 Å². The number of nitrogens with zero attached hydrogens (tertiary/aromatic N) is 3. The van der Waals surface area contributed by atoms with E-state index in [1.807, 2.05) is 27.0 Å². The zero-order valence-electron chi connectivity index (χ0n) is 15.3. The van der Waals surface area contributed by atoms with Crippen molar-refractivity contribution in [3.8, 4) is 0 Å². The van der Waals surface area contributed by atoms with Gasteiger partial charge in [-0.1, -0.05) is 6.08 Å². The summed E-state index contributed by atoms with van der Waals surface area (Å²) in [6.45, 7) is 12.5. The second-order valence-electron chi connectivity index (χ2n) is 7.98. The van der Waals surface area contributed by atoms with Gasteiger partial charge in [-0.15, -0.1) is 0 Å². The van der Waals surface area contributed by atoms with E-state index in [1.165, 1.54) is 16.8 Å². The van der Waals surface area contributed by atoms with Crippen LogP contribution in [0.15, 0.2) is 12.3 Å². The molecule has 1 saturated heterocycles. The van der Waals surface area contributed by atoms with Crippen LogP contribution in [-0.4, -0.2) is 52.7 Å². The number of aryl methyl sites for hydroxylation is 1. The SMILES string of the molecule is Cc1cnn(C2(C)COC2)c1C1=CCN(C(=O)OC(C)(C)C)CC1. The summed E-state index contributed by atoms with van der Waals surface area (Å²) in [4.78, 5) is 13.9. The number of rotatable bonds is 2. The van der Waals surface area contributed by atoms with Crippen molar-refractivity contribution in [3.05, 3.63) is 23.5 Å². The Morgan fingerprint density at radius 1 is 1.38 bits per heavy atom. The molecule has 0 atom stereocenters. The fourth-order valence-corrected chi connectivity index (χ4v) is 3.13. The first-order chi connectivity index (χ1) is 11.2. The third-order valence-electron chi connectivity index (χ3n) is 4.45. The summed E-state index contributed by atoms with van der Waals surface area (Å²) in [6.07, 6.45) is 4.60. The Balaban J connectivity index is 1.77. The molecule has 0 radical (unpaired) electrons. The Morgan fingerprint density at radius 3 is 2.58 bits per heavy atom. The lowest BCUT2D eigenvalue weighted by atomic mass is 9.96. The predicted octanol–water partition coefficient (Wildman–Crippen LogP) is 2.96. The molecule has 0 bridgehead atoms. The van der Waals surface area contributed by atoms with Crippen molar-refractivity contribution >= 4 is 11.7 Å². The van der Waals surface area contributed by atoms with Crippen LogP contribution in [0.4, 0.5) is 4.79 Å². The summed E-state index contributed by atoms with van der Waals surface area (Å²) in [6, 6.07) is 0. The van der Waals surface area contributed by atoms with Crippen LogP contribution in [-0.2, 0) is 15.0 Å². The van der Waals surface area contributed by atoms with Gasteiger partial charge in [-0.3, -0.25) is 4.68 Å². The quantitative estimate of drug-likeness (QED) is 0.835. The largest absolute Gasteiger partial charge is 0.444 e. The lowest BCUT2D eigenvalue weighted by molar-refractivity contribution is -0.0962. The van der Waals surface area contributed by atoms with Crippen LogP contribution in [0, 0.1) is 6.92 Å². The van der Waals surface area contributed by atoms with Crippen LogP contribution in [0.2, 0.25) is 0 Å². The van der Waals surface area contributed by atoms with Gasteiger partial charge in [0.15, 0.2) is 0 Å². The van der Waals surface area contributed by atoms with Gasteiger partial charge in [0.1, 0.15) is 11.1 Å². The Hall–Kier alpha value is -1.82. The highest BCUT2D eigenvalue weighted by Crippen LogP contribution is 2.33. The van der Waals surface area contributed by atoms with Crippen molar-refractivity contribution in [2.24, 2.45) is 0 Å². The first-order valence-electron chi connectivity index (χ1n) is 8.50. The van der Waals surface area contributed by atoms with E-state index in [-0.39, 0.29) is 11.6 Å². The number of hydrogen-bond donors (Lipinski definition) is 0. The zero-order valence-corrected chi connectivity index (χ0v) is 15.3. The highest BCUT2D eigenvalue weighted by molar-refractivity contribution is 5.72. The van der Waals surface area contributed by atoms with E-state index in [0.717, 1.165) is 6.42 Å². The number of hydrogen-bond acceptors (Lipinski definition) is 4. The first-order valence-corrected chi connectivity index (χ1v) is 8.50. The molecule has 1 amide bonds. The minimum atomic E-state index is -0.463. The van der Waals surface area contributed by atoms with E-state index in [9.17, 15) is 4.79 Å². The molecular weight excluding hydrogens is 306 g/mol. The van der Waals surface area contributed by atoms with Gasteiger partial charge in [0, 0.05) is 13.1 Å². The van der Waals surface area contributed by atoms with Crippen molar-refractivity contribution in [1.82, 2.24) is 14.7 Å². The van der Waals surface area contributed by atoms with E-state index in [2.05, 4.69) is 29.7 Å².